The summed E-state index contributed by atoms with van der Waals surface area (Å²) in [5, 5.41) is 8.20. The van der Waals surface area contributed by atoms with Gasteiger partial charge in [-0.1, -0.05) is 19.8 Å². The first kappa shape index (κ1) is 13.4. The average Bonchev–Trinajstić information content (AvgIpc) is 1.79. The topological polar surface area (TPSA) is 94.8 Å². The van der Waals surface area contributed by atoms with Gasteiger partial charge in [-0.2, -0.15) is 8.42 Å². The van der Waals surface area contributed by atoms with Gasteiger partial charge in [-0.15, -0.1) is 0 Å². The Morgan fingerprint density at radius 1 is 1.18 bits per heavy atom. The zero-order chi connectivity index (χ0) is 9.33. The molecule has 0 saturated heterocycles. The van der Waals surface area contributed by atoms with Crippen LogP contribution in [-0.4, -0.2) is 29.2 Å². The van der Waals surface area contributed by atoms with Gasteiger partial charge in [0.15, 0.2) is 0 Å². The molecule has 3 N–H and O–H groups in total. The highest BCUT2D eigenvalue weighted by atomic mass is 32.3. The van der Waals surface area contributed by atoms with E-state index in [1.54, 1.807) is 0 Å². The molecule has 0 aliphatic carbocycles. The van der Waals surface area contributed by atoms with E-state index < -0.39 is 10.4 Å². The van der Waals surface area contributed by atoms with E-state index in [2.05, 4.69) is 6.92 Å². The van der Waals surface area contributed by atoms with E-state index >= 15 is 0 Å². The van der Waals surface area contributed by atoms with Crippen LogP contribution in [-0.2, 0) is 10.4 Å². The zero-order valence-corrected chi connectivity index (χ0v) is 7.21. The fourth-order valence-electron chi connectivity index (χ4n) is 0.362. The number of hydrogen-bond acceptors (Lipinski definition) is 3. The van der Waals surface area contributed by atoms with Crippen molar-refractivity contribution in [2.24, 2.45) is 0 Å². The van der Waals surface area contributed by atoms with Crippen molar-refractivity contribution in [2.75, 3.05) is 6.61 Å². The molecule has 11 heavy (non-hydrogen) atoms. The van der Waals surface area contributed by atoms with Crippen molar-refractivity contribution in [3.8, 4) is 0 Å². The van der Waals surface area contributed by atoms with Crippen molar-refractivity contribution in [3.63, 3.8) is 0 Å². The molecule has 5 nitrogen and oxygen atoms in total. The molecule has 0 unspecified atom stereocenters. The maximum absolute atomic E-state index is 8.74. The lowest BCUT2D eigenvalue weighted by atomic mass is 10.3. The minimum Gasteiger partial charge on any atom is -0.396 e. The van der Waals surface area contributed by atoms with Crippen LogP contribution >= 0.6 is 0 Å². The number of aliphatic hydroxyl groups is 1. The van der Waals surface area contributed by atoms with Gasteiger partial charge in [0.05, 0.1) is 0 Å². The van der Waals surface area contributed by atoms with Crippen molar-refractivity contribution >= 4 is 10.4 Å². The summed E-state index contributed by atoms with van der Waals surface area (Å²) < 4.78 is 31.6. The van der Waals surface area contributed by atoms with Gasteiger partial charge in [0.1, 0.15) is 0 Å². The summed E-state index contributed by atoms with van der Waals surface area (Å²) in [7, 11) is -4.67. The lowest BCUT2D eigenvalue weighted by Crippen LogP contribution is -1.89. The second kappa shape index (κ2) is 7.93. The monoisotopic (exact) mass is 186 g/mol. The molecule has 0 fully saturated rings. The van der Waals surface area contributed by atoms with Gasteiger partial charge >= 0.3 is 10.4 Å². The predicted molar refractivity (Wildman–Crippen MR) is 40.8 cm³/mol. The van der Waals surface area contributed by atoms with Gasteiger partial charge in [0, 0.05) is 6.61 Å². The van der Waals surface area contributed by atoms with E-state index in [4.69, 9.17) is 22.6 Å². The van der Waals surface area contributed by atoms with E-state index in [0.29, 0.717) is 6.61 Å². The molecule has 0 bridgehead atoms. The molecule has 0 atom stereocenters. The van der Waals surface area contributed by atoms with Crippen LogP contribution in [0.5, 0.6) is 0 Å². The molecule has 0 spiro atoms. The van der Waals surface area contributed by atoms with Crippen LogP contribution in [0.1, 0.15) is 26.2 Å². The minimum absolute atomic E-state index is 0.355. The predicted octanol–water partition coefficient (Wildman–Crippen LogP) is 0.516. The SMILES string of the molecule is CCCCCO.O=S(=O)(O)O. The van der Waals surface area contributed by atoms with Gasteiger partial charge < -0.3 is 5.11 Å². The highest BCUT2D eigenvalue weighted by Gasteiger charge is 1.84. The highest BCUT2D eigenvalue weighted by Crippen LogP contribution is 1.89. The molecule has 0 radical (unpaired) electrons. The molecule has 0 aromatic heterocycles. The second-order valence-electron chi connectivity index (χ2n) is 1.88. The van der Waals surface area contributed by atoms with Gasteiger partial charge in [-0.3, -0.25) is 9.11 Å². The molecule has 0 amide bonds. The van der Waals surface area contributed by atoms with Gasteiger partial charge in [0.2, 0.25) is 0 Å². The van der Waals surface area contributed by atoms with Crippen LogP contribution in [0.2, 0.25) is 0 Å². The maximum atomic E-state index is 8.74. The lowest BCUT2D eigenvalue weighted by Gasteiger charge is -1.85. The zero-order valence-electron chi connectivity index (χ0n) is 6.39. The van der Waals surface area contributed by atoms with Gasteiger partial charge in [0.25, 0.3) is 0 Å². The largest absolute Gasteiger partial charge is 0.396 e. The highest BCUT2D eigenvalue weighted by molar-refractivity contribution is 7.79. The van der Waals surface area contributed by atoms with E-state index in [1.165, 1.54) is 6.42 Å². The molecule has 6 heteroatoms. The summed E-state index contributed by atoms with van der Waals surface area (Å²) in [6, 6.07) is 0. The van der Waals surface area contributed by atoms with Crippen LogP contribution in [0.25, 0.3) is 0 Å². The summed E-state index contributed by atoms with van der Waals surface area (Å²) in [5.74, 6) is 0. The molecule has 70 valence electrons. The van der Waals surface area contributed by atoms with Gasteiger partial charge in [-0.25, -0.2) is 0 Å². The first-order valence-electron chi connectivity index (χ1n) is 3.22. The molecule has 0 heterocycles. The Morgan fingerprint density at radius 2 is 1.55 bits per heavy atom. The van der Waals surface area contributed by atoms with Gasteiger partial charge in [-0.05, 0) is 6.42 Å². The summed E-state index contributed by atoms with van der Waals surface area (Å²) >= 11 is 0. The first-order valence-corrected chi connectivity index (χ1v) is 4.62. The third kappa shape index (κ3) is 75.2. The Hall–Kier alpha value is -0.170. The Kier molecular flexibility index (Phi) is 9.68. The first-order chi connectivity index (χ1) is 4.91. The number of unbranched alkanes of at least 4 members (excludes halogenated alkanes) is 2. The van der Waals surface area contributed by atoms with Crippen LogP contribution in [0.4, 0.5) is 0 Å². The second-order valence-corrected chi connectivity index (χ2v) is 2.77. The summed E-state index contributed by atoms with van der Waals surface area (Å²) in [5.41, 5.74) is 0. The van der Waals surface area contributed by atoms with E-state index in [1.807, 2.05) is 0 Å². The van der Waals surface area contributed by atoms with Crippen LogP contribution in [0, 0.1) is 0 Å². The fraction of sp³-hybridized carbons (Fsp3) is 1.00. The van der Waals surface area contributed by atoms with E-state index in [-0.39, 0.29) is 0 Å². The molecular weight excluding hydrogens is 172 g/mol. The van der Waals surface area contributed by atoms with Crippen LogP contribution in [0.15, 0.2) is 0 Å². The van der Waals surface area contributed by atoms with Crippen molar-refractivity contribution < 1.29 is 22.6 Å². The fourth-order valence-corrected chi connectivity index (χ4v) is 0.362. The Bertz CT molecular complexity index is 138. The number of aliphatic hydroxyl groups excluding tert-OH is 1. The Labute approximate surface area is 66.6 Å². The molecule has 0 aromatic carbocycles. The van der Waals surface area contributed by atoms with Crippen molar-refractivity contribution in [1.29, 1.82) is 0 Å². The Morgan fingerprint density at radius 3 is 1.64 bits per heavy atom. The maximum Gasteiger partial charge on any atom is 0.394 e. The standard InChI is InChI=1S/C5H12O.H2O4S/c1-2-3-4-5-6;1-5(2,3)4/h6H,2-5H2,1H3;(H2,1,2,3,4). The van der Waals surface area contributed by atoms with Crippen LogP contribution < -0.4 is 0 Å². The third-order valence-electron chi connectivity index (χ3n) is 0.762. The van der Waals surface area contributed by atoms with Crippen LogP contribution in [0.3, 0.4) is 0 Å². The number of hydrogen-bond donors (Lipinski definition) is 3. The summed E-state index contributed by atoms with van der Waals surface area (Å²) in [6.45, 7) is 2.48. The molecule has 0 rings (SSSR count). The summed E-state index contributed by atoms with van der Waals surface area (Å²) in [4.78, 5) is 0. The molecule has 0 saturated carbocycles. The van der Waals surface area contributed by atoms with Crippen molar-refractivity contribution in [3.05, 3.63) is 0 Å². The van der Waals surface area contributed by atoms with E-state index in [0.717, 1.165) is 12.8 Å². The van der Waals surface area contributed by atoms with Crippen molar-refractivity contribution in [1.82, 2.24) is 0 Å². The average molecular weight is 186 g/mol. The quantitative estimate of drug-likeness (QED) is 0.441. The molecule has 0 aliphatic heterocycles. The Balaban J connectivity index is 0. The minimum atomic E-state index is -4.67. The molecule has 0 aromatic rings. The normalized spacial score (nSPS) is 10.2. The smallest absolute Gasteiger partial charge is 0.394 e. The lowest BCUT2D eigenvalue weighted by molar-refractivity contribution is 0.284. The molecular formula is C5H14O5S. The molecule has 0 aliphatic rings. The van der Waals surface area contributed by atoms with E-state index in [9.17, 15) is 0 Å². The number of rotatable bonds is 3. The summed E-state index contributed by atoms with van der Waals surface area (Å²) in [6.07, 6.45) is 3.33. The van der Waals surface area contributed by atoms with Crippen molar-refractivity contribution in [2.45, 2.75) is 26.2 Å². The third-order valence-corrected chi connectivity index (χ3v) is 0.762.